The molecule has 2 N–H and O–H groups in total. The van der Waals surface area contributed by atoms with E-state index in [2.05, 4.69) is 26.6 Å². The average Bonchev–Trinajstić information content (AvgIpc) is 2.76. The van der Waals surface area contributed by atoms with Gasteiger partial charge in [-0.1, -0.05) is 45.7 Å². The zero-order valence-electron chi connectivity index (χ0n) is 17.6. The van der Waals surface area contributed by atoms with Crippen LogP contribution in [0.25, 0.3) is 6.08 Å². The number of ether oxygens (including phenoxy) is 1. The molecule has 2 amide bonds. The molecule has 0 aromatic heterocycles. The standard InChI is InChI=1S/C25H19BrClN3O3/c1-16-4-2-6-21(10-16)29-24(31)15-33-23-9-8-19(26)12-17(23)11-18(14-28)25(32)30-22-7-3-5-20(27)13-22/h2-13H,15H2,1H3,(H,29,31)(H,30,32)/b18-11+. The van der Waals surface area contributed by atoms with Crippen LogP contribution in [0.3, 0.4) is 0 Å². The minimum Gasteiger partial charge on any atom is -0.483 e. The zero-order valence-corrected chi connectivity index (χ0v) is 19.9. The van der Waals surface area contributed by atoms with Gasteiger partial charge >= 0.3 is 0 Å². The van der Waals surface area contributed by atoms with Crippen LogP contribution in [0.15, 0.2) is 76.8 Å². The van der Waals surface area contributed by atoms with Gasteiger partial charge in [-0.3, -0.25) is 9.59 Å². The number of carbonyl (C=O) groups excluding carboxylic acids is 2. The number of halogens is 2. The number of hydrogen-bond acceptors (Lipinski definition) is 4. The van der Waals surface area contributed by atoms with Crippen molar-refractivity contribution in [3.05, 3.63) is 92.9 Å². The summed E-state index contributed by atoms with van der Waals surface area (Å²) in [6.45, 7) is 1.69. The summed E-state index contributed by atoms with van der Waals surface area (Å²) in [6, 6.07) is 21.0. The van der Waals surface area contributed by atoms with Gasteiger partial charge in [0, 0.05) is 26.4 Å². The number of hydrogen-bond donors (Lipinski definition) is 2. The second-order valence-electron chi connectivity index (χ2n) is 7.02. The van der Waals surface area contributed by atoms with E-state index in [-0.39, 0.29) is 18.1 Å². The maximum absolute atomic E-state index is 12.6. The molecule has 3 rings (SSSR count). The fraction of sp³-hybridized carbons (Fsp3) is 0.0800. The predicted octanol–water partition coefficient (Wildman–Crippen LogP) is 5.97. The van der Waals surface area contributed by atoms with Crippen molar-refractivity contribution < 1.29 is 14.3 Å². The molecule has 0 radical (unpaired) electrons. The van der Waals surface area contributed by atoms with E-state index in [9.17, 15) is 14.9 Å². The first-order chi connectivity index (χ1) is 15.8. The van der Waals surface area contributed by atoms with Crippen LogP contribution in [0.4, 0.5) is 11.4 Å². The molecule has 3 aromatic carbocycles. The highest BCUT2D eigenvalue weighted by Crippen LogP contribution is 2.26. The Morgan fingerprint density at radius 3 is 2.48 bits per heavy atom. The third-order valence-electron chi connectivity index (χ3n) is 4.38. The predicted molar refractivity (Wildman–Crippen MR) is 133 cm³/mol. The van der Waals surface area contributed by atoms with Crippen molar-refractivity contribution in [1.29, 1.82) is 5.26 Å². The molecule has 0 aliphatic heterocycles. The van der Waals surface area contributed by atoms with Crippen LogP contribution < -0.4 is 15.4 Å². The summed E-state index contributed by atoms with van der Waals surface area (Å²) in [6.07, 6.45) is 1.40. The third kappa shape index (κ3) is 7.21. The lowest BCUT2D eigenvalue weighted by Crippen LogP contribution is -2.20. The second kappa shape index (κ2) is 11.3. The van der Waals surface area contributed by atoms with Gasteiger partial charge in [0.1, 0.15) is 17.4 Å². The number of benzene rings is 3. The Kier molecular flexibility index (Phi) is 8.25. The lowest BCUT2D eigenvalue weighted by molar-refractivity contribution is -0.118. The van der Waals surface area contributed by atoms with Gasteiger partial charge in [-0.15, -0.1) is 0 Å². The summed E-state index contributed by atoms with van der Waals surface area (Å²) in [5.41, 5.74) is 2.48. The first-order valence-corrected chi connectivity index (χ1v) is 11.0. The summed E-state index contributed by atoms with van der Waals surface area (Å²) >= 11 is 9.32. The number of nitriles is 1. The van der Waals surface area contributed by atoms with Crippen molar-refractivity contribution in [1.82, 2.24) is 0 Å². The first-order valence-electron chi connectivity index (χ1n) is 9.81. The van der Waals surface area contributed by atoms with E-state index in [0.717, 1.165) is 10.0 Å². The summed E-state index contributed by atoms with van der Waals surface area (Å²) in [5.74, 6) is -0.582. The van der Waals surface area contributed by atoms with E-state index in [1.165, 1.54) is 6.08 Å². The minimum atomic E-state index is -0.595. The highest BCUT2D eigenvalue weighted by atomic mass is 79.9. The van der Waals surface area contributed by atoms with Crippen molar-refractivity contribution in [2.45, 2.75) is 6.92 Å². The molecule has 0 fully saturated rings. The maximum atomic E-state index is 12.6. The van der Waals surface area contributed by atoms with Crippen LogP contribution >= 0.6 is 27.5 Å². The Morgan fingerprint density at radius 1 is 1.06 bits per heavy atom. The second-order valence-corrected chi connectivity index (χ2v) is 8.37. The summed E-state index contributed by atoms with van der Waals surface area (Å²) in [5, 5.41) is 15.4. The normalized spacial score (nSPS) is 10.8. The Bertz CT molecular complexity index is 1270. The van der Waals surface area contributed by atoms with Crippen molar-refractivity contribution in [3.8, 4) is 11.8 Å². The number of carbonyl (C=O) groups is 2. The highest BCUT2D eigenvalue weighted by molar-refractivity contribution is 9.10. The smallest absolute Gasteiger partial charge is 0.266 e. The summed E-state index contributed by atoms with van der Waals surface area (Å²) in [4.78, 5) is 24.9. The monoisotopic (exact) mass is 523 g/mol. The van der Waals surface area contributed by atoms with Gasteiger partial charge in [-0.2, -0.15) is 5.26 Å². The molecule has 0 heterocycles. The van der Waals surface area contributed by atoms with Crippen LogP contribution in [-0.4, -0.2) is 18.4 Å². The van der Waals surface area contributed by atoms with E-state index in [0.29, 0.717) is 27.7 Å². The number of amides is 2. The van der Waals surface area contributed by atoms with Crippen LogP contribution in [-0.2, 0) is 9.59 Å². The molecule has 0 aliphatic rings. The van der Waals surface area contributed by atoms with Gasteiger partial charge in [0.15, 0.2) is 6.61 Å². The molecular weight excluding hydrogens is 506 g/mol. The molecule has 0 spiro atoms. The van der Waals surface area contributed by atoms with E-state index >= 15 is 0 Å². The quantitative estimate of drug-likeness (QED) is 0.294. The van der Waals surface area contributed by atoms with Gasteiger partial charge in [-0.05, 0) is 67.1 Å². The number of nitrogens with one attached hydrogen (secondary N) is 2. The lowest BCUT2D eigenvalue weighted by atomic mass is 10.1. The van der Waals surface area contributed by atoms with Crippen LogP contribution in [0.1, 0.15) is 11.1 Å². The molecular formula is C25H19BrClN3O3. The molecule has 33 heavy (non-hydrogen) atoms. The molecule has 0 aliphatic carbocycles. The Morgan fingerprint density at radius 2 is 1.79 bits per heavy atom. The van der Waals surface area contributed by atoms with E-state index in [1.54, 1.807) is 48.5 Å². The molecule has 0 atom stereocenters. The largest absolute Gasteiger partial charge is 0.483 e. The van der Waals surface area contributed by atoms with Gasteiger partial charge in [-0.25, -0.2) is 0 Å². The lowest BCUT2D eigenvalue weighted by Gasteiger charge is -2.11. The van der Waals surface area contributed by atoms with Crippen molar-refractivity contribution in [2.75, 3.05) is 17.2 Å². The number of anilines is 2. The summed E-state index contributed by atoms with van der Waals surface area (Å²) in [7, 11) is 0. The Hall–Kier alpha value is -3.60. The minimum absolute atomic E-state index is 0.137. The molecule has 3 aromatic rings. The number of rotatable bonds is 7. The van der Waals surface area contributed by atoms with Crippen LogP contribution in [0.5, 0.6) is 5.75 Å². The van der Waals surface area contributed by atoms with Gasteiger partial charge in [0.05, 0.1) is 0 Å². The van der Waals surface area contributed by atoms with Crippen molar-refractivity contribution in [2.24, 2.45) is 0 Å². The Labute approximate surface area is 205 Å². The Balaban J connectivity index is 1.75. The van der Waals surface area contributed by atoms with E-state index in [4.69, 9.17) is 16.3 Å². The number of aryl methyl sites for hydroxylation is 1. The summed E-state index contributed by atoms with van der Waals surface area (Å²) < 4.78 is 6.40. The fourth-order valence-electron chi connectivity index (χ4n) is 2.90. The molecule has 8 heteroatoms. The molecule has 0 saturated carbocycles. The number of nitrogens with zero attached hydrogens (tertiary/aromatic N) is 1. The molecule has 0 bridgehead atoms. The zero-order chi connectivity index (χ0) is 23.8. The third-order valence-corrected chi connectivity index (χ3v) is 5.11. The van der Waals surface area contributed by atoms with Crippen LogP contribution in [0.2, 0.25) is 5.02 Å². The maximum Gasteiger partial charge on any atom is 0.266 e. The SMILES string of the molecule is Cc1cccc(NC(=O)COc2ccc(Br)cc2/C=C(\C#N)C(=O)Nc2cccc(Cl)c2)c1. The molecule has 0 saturated heterocycles. The topological polar surface area (TPSA) is 91.2 Å². The van der Waals surface area contributed by atoms with Gasteiger partial charge in [0.2, 0.25) is 0 Å². The van der Waals surface area contributed by atoms with Crippen molar-refractivity contribution in [3.63, 3.8) is 0 Å². The molecule has 166 valence electrons. The molecule has 6 nitrogen and oxygen atoms in total. The van der Waals surface area contributed by atoms with Gasteiger partial charge < -0.3 is 15.4 Å². The van der Waals surface area contributed by atoms with Crippen LogP contribution in [0, 0.1) is 18.3 Å². The van der Waals surface area contributed by atoms with Crippen molar-refractivity contribution >= 4 is 56.8 Å². The van der Waals surface area contributed by atoms with E-state index < -0.39 is 5.91 Å². The average molecular weight is 525 g/mol. The van der Waals surface area contributed by atoms with Gasteiger partial charge in [0.25, 0.3) is 11.8 Å². The van der Waals surface area contributed by atoms with E-state index in [1.807, 2.05) is 31.2 Å². The fourth-order valence-corrected chi connectivity index (χ4v) is 3.46. The molecule has 0 unspecified atom stereocenters. The first kappa shape index (κ1) is 24.1. The highest BCUT2D eigenvalue weighted by Gasteiger charge is 2.13.